The van der Waals surface area contributed by atoms with Gasteiger partial charge < -0.3 is 21.1 Å². The number of amides is 1. The van der Waals surface area contributed by atoms with Crippen LogP contribution in [0.4, 0.5) is 4.79 Å². The molecule has 0 aromatic heterocycles. The minimum atomic E-state index is -0.437. The standard InChI is InChI=1S/C14H31N3O2/c1-11(2)12(9-15)10-16-7-6-8-17-13(18)19-14(3,4)5/h11-12,16H,6-10,15H2,1-5H3,(H,17,18). The molecule has 0 heterocycles. The van der Waals surface area contributed by atoms with E-state index >= 15 is 0 Å². The lowest BCUT2D eigenvalue weighted by Crippen LogP contribution is -2.35. The summed E-state index contributed by atoms with van der Waals surface area (Å²) in [7, 11) is 0. The van der Waals surface area contributed by atoms with Crippen molar-refractivity contribution in [2.45, 2.75) is 46.6 Å². The van der Waals surface area contributed by atoms with Gasteiger partial charge in [0.15, 0.2) is 0 Å². The van der Waals surface area contributed by atoms with Crippen molar-refractivity contribution >= 4 is 6.09 Å². The molecule has 0 aromatic rings. The third-order valence-electron chi connectivity index (χ3n) is 2.85. The predicted molar refractivity (Wildman–Crippen MR) is 79.1 cm³/mol. The van der Waals surface area contributed by atoms with Gasteiger partial charge in [-0.2, -0.15) is 0 Å². The third kappa shape index (κ3) is 10.8. The van der Waals surface area contributed by atoms with Gasteiger partial charge in [0, 0.05) is 6.54 Å². The number of nitrogens with one attached hydrogen (secondary N) is 2. The summed E-state index contributed by atoms with van der Waals surface area (Å²) in [6.07, 6.45) is 0.531. The van der Waals surface area contributed by atoms with E-state index in [1.54, 1.807) is 0 Å². The zero-order chi connectivity index (χ0) is 14.9. The highest BCUT2D eigenvalue weighted by Gasteiger charge is 2.15. The Balaban J connectivity index is 3.53. The van der Waals surface area contributed by atoms with Crippen LogP contribution in [0.25, 0.3) is 0 Å². The first kappa shape index (κ1) is 18.2. The molecular formula is C14H31N3O2. The quantitative estimate of drug-likeness (QED) is 0.589. The second-order valence-corrected chi connectivity index (χ2v) is 6.23. The van der Waals surface area contributed by atoms with Crippen LogP contribution in [0.15, 0.2) is 0 Å². The summed E-state index contributed by atoms with van der Waals surface area (Å²) in [6.45, 7) is 13.1. The first-order valence-corrected chi connectivity index (χ1v) is 7.14. The summed E-state index contributed by atoms with van der Waals surface area (Å²) in [6, 6.07) is 0. The molecule has 0 radical (unpaired) electrons. The molecular weight excluding hydrogens is 242 g/mol. The number of carbonyl (C=O) groups is 1. The summed E-state index contributed by atoms with van der Waals surface area (Å²) in [5, 5.41) is 6.11. The molecule has 1 amide bonds. The van der Waals surface area contributed by atoms with Gasteiger partial charge in [-0.1, -0.05) is 13.8 Å². The second-order valence-electron chi connectivity index (χ2n) is 6.23. The summed E-state index contributed by atoms with van der Waals surface area (Å²) in [4.78, 5) is 11.4. The van der Waals surface area contributed by atoms with E-state index in [1.165, 1.54) is 0 Å². The van der Waals surface area contributed by atoms with E-state index in [9.17, 15) is 4.79 Å². The molecule has 0 fully saturated rings. The van der Waals surface area contributed by atoms with Crippen molar-refractivity contribution < 1.29 is 9.53 Å². The molecule has 4 N–H and O–H groups in total. The number of nitrogens with two attached hydrogens (primary N) is 1. The van der Waals surface area contributed by atoms with Crippen LogP contribution in [0.3, 0.4) is 0 Å². The Labute approximate surface area is 117 Å². The average molecular weight is 273 g/mol. The molecule has 1 atom stereocenters. The maximum absolute atomic E-state index is 11.4. The molecule has 0 aliphatic rings. The highest BCUT2D eigenvalue weighted by Crippen LogP contribution is 2.07. The van der Waals surface area contributed by atoms with Crippen molar-refractivity contribution in [1.29, 1.82) is 0 Å². The van der Waals surface area contributed by atoms with E-state index in [-0.39, 0.29) is 6.09 Å². The largest absolute Gasteiger partial charge is 0.444 e. The fraction of sp³-hybridized carbons (Fsp3) is 0.929. The van der Waals surface area contributed by atoms with Crippen molar-refractivity contribution in [3.63, 3.8) is 0 Å². The summed E-state index contributed by atoms with van der Waals surface area (Å²) >= 11 is 0. The van der Waals surface area contributed by atoms with Crippen LogP contribution in [-0.2, 0) is 4.74 Å². The number of rotatable bonds is 8. The molecule has 0 saturated heterocycles. The number of ether oxygens (including phenoxy) is 1. The van der Waals surface area contributed by atoms with Crippen molar-refractivity contribution in [2.75, 3.05) is 26.2 Å². The molecule has 19 heavy (non-hydrogen) atoms. The maximum Gasteiger partial charge on any atom is 0.407 e. The smallest absolute Gasteiger partial charge is 0.407 e. The van der Waals surface area contributed by atoms with Crippen molar-refractivity contribution in [3.8, 4) is 0 Å². The number of hydrogen-bond acceptors (Lipinski definition) is 4. The van der Waals surface area contributed by atoms with Crippen LogP contribution in [0.1, 0.15) is 41.0 Å². The Morgan fingerprint density at radius 1 is 1.26 bits per heavy atom. The van der Waals surface area contributed by atoms with E-state index in [4.69, 9.17) is 10.5 Å². The molecule has 0 bridgehead atoms. The van der Waals surface area contributed by atoms with Gasteiger partial charge >= 0.3 is 6.09 Å². The zero-order valence-electron chi connectivity index (χ0n) is 13.1. The zero-order valence-corrected chi connectivity index (χ0v) is 13.1. The number of alkyl carbamates (subject to hydrolysis) is 1. The molecule has 114 valence electrons. The van der Waals surface area contributed by atoms with Crippen LogP contribution < -0.4 is 16.4 Å². The molecule has 0 saturated carbocycles. The molecule has 0 spiro atoms. The fourth-order valence-corrected chi connectivity index (χ4v) is 1.60. The lowest BCUT2D eigenvalue weighted by Gasteiger charge is -2.20. The Morgan fingerprint density at radius 2 is 1.89 bits per heavy atom. The highest BCUT2D eigenvalue weighted by molar-refractivity contribution is 5.67. The summed E-state index contributed by atoms with van der Waals surface area (Å²) < 4.78 is 5.14. The Kier molecular flexibility index (Phi) is 8.76. The predicted octanol–water partition coefficient (Wildman–Crippen LogP) is 1.72. The Bertz CT molecular complexity index is 250. The van der Waals surface area contributed by atoms with Gasteiger partial charge in [0.05, 0.1) is 0 Å². The lowest BCUT2D eigenvalue weighted by molar-refractivity contribution is 0.0527. The average Bonchev–Trinajstić information content (AvgIpc) is 2.25. The first-order chi connectivity index (χ1) is 8.76. The van der Waals surface area contributed by atoms with E-state index < -0.39 is 5.60 Å². The van der Waals surface area contributed by atoms with E-state index in [2.05, 4.69) is 24.5 Å². The summed E-state index contributed by atoms with van der Waals surface area (Å²) in [5.41, 5.74) is 5.26. The maximum atomic E-state index is 11.4. The van der Waals surface area contributed by atoms with Crippen molar-refractivity contribution in [2.24, 2.45) is 17.6 Å². The molecule has 0 rings (SSSR count). The van der Waals surface area contributed by atoms with Crippen LogP contribution in [0, 0.1) is 11.8 Å². The minimum Gasteiger partial charge on any atom is -0.444 e. The van der Waals surface area contributed by atoms with E-state index in [0.29, 0.717) is 24.9 Å². The van der Waals surface area contributed by atoms with Crippen LogP contribution >= 0.6 is 0 Å². The second kappa shape index (κ2) is 9.15. The Morgan fingerprint density at radius 3 is 2.37 bits per heavy atom. The normalized spacial score (nSPS) is 13.4. The molecule has 1 unspecified atom stereocenters. The lowest BCUT2D eigenvalue weighted by atomic mass is 9.96. The van der Waals surface area contributed by atoms with Gasteiger partial charge in [0.2, 0.25) is 0 Å². The van der Waals surface area contributed by atoms with Gasteiger partial charge in [-0.25, -0.2) is 4.79 Å². The SMILES string of the molecule is CC(C)C(CN)CNCCCNC(=O)OC(C)(C)C. The van der Waals surface area contributed by atoms with Gasteiger partial charge in [-0.3, -0.25) is 0 Å². The highest BCUT2D eigenvalue weighted by atomic mass is 16.6. The number of carbonyl (C=O) groups excluding carboxylic acids is 1. The van der Waals surface area contributed by atoms with Crippen LogP contribution in [-0.4, -0.2) is 37.9 Å². The molecule has 0 aliphatic carbocycles. The molecule has 5 nitrogen and oxygen atoms in total. The topological polar surface area (TPSA) is 76.4 Å². The van der Waals surface area contributed by atoms with Gasteiger partial charge in [0.1, 0.15) is 5.60 Å². The number of hydrogen-bond donors (Lipinski definition) is 3. The third-order valence-corrected chi connectivity index (χ3v) is 2.85. The van der Waals surface area contributed by atoms with Gasteiger partial charge in [-0.15, -0.1) is 0 Å². The monoisotopic (exact) mass is 273 g/mol. The fourth-order valence-electron chi connectivity index (χ4n) is 1.60. The first-order valence-electron chi connectivity index (χ1n) is 7.14. The Hall–Kier alpha value is -0.810. The molecule has 0 aromatic carbocycles. The minimum absolute atomic E-state index is 0.352. The van der Waals surface area contributed by atoms with E-state index in [1.807, 2.05) is 20.8 Å². The van der Waals surface area contributed by atoms with Crippen molar-refractivity contribution in [3.05, 3.63) is 0 Å². The van der Waals surface area contributed by atoms with Crippen molar-refractivity contribution in [1.82, 2.24) is 10.6 Å². The molecule has 5 heteroatoms. The van der Waals surface area contributed by atoms with E-state index in [0.717, 1.165) is 19.5 Å². The van der Waals surface area contributed by atoms with Crippen LogP contribution in [0.2, 0.25) is 0 Å². The van der Waals surface area contributed by atoms with Gasteiger partial charge in [0.25, 0.3) is 0 Å². The van der Waals surface area contributed by atoms with Crippen LogP contribution in [0.5, 0.6) is 0 Å². The summed E-state index contributed by atoms with van der Waals surface area (Å²) in [5.74, 6) is 1.11. The molecule has 0 aliphatic heterocycles. The van der Waals surface area contributed by atoms with Gasteiger partial charge in [-0.05, 0) is 58.7 Å².